The van der Waals surface area contributed by atoms with Crippen LogP contribution in [0.1, 0.15) is 0 Å². The summed E-state index contributed by atoms with van der Waals surface area (Å²) >= 11 is 17.9. The average molecular weight is 346 g/mol. The number of para-hydroxylation sites is 1. The van der Waals surface area contributed by atoms with Crippen molar-refractivity contribution in [3.63, 3.8) is 0 Å². The molecule has 7 heteroatoms. The molecule has 0 heterocycles. The summed E-state index contributed by atoms with van der Waals surface area (Å²) in [7, 11) is 1.51. The van der Waals surface area contributed by atoms with Crippen molar-refractivity contribution in [1.82, 2.24) is 0 Å². The summed E-state index contributed by atoms with van der Waals surface area (Å²) in [6, 6.07) is 9.37. The quantitative estimate of drug-likeness (QED) is 0.793. The second-order valence-electron chi connectivity index (χ2n) is 4.03. The van der Waals surface area contributed by atoms with Crippen molar-refractivity contribution in [3.8, 4) is 5.75 Å². The van der Waals surface area contributed by atoms with Crippen LogP contribution in [0.5, 0.6) is 5.75 Å². The number of urea groups is 1. The molecule has 2 amide bonds. The molecule has 0 atom stereocenters. The van der Waals surface area contributed by atoms with Crippen molar-refractivity contribution in [2.45, 2.75) is 0 Å². The van der Waals surface area contributed by atoms with Gasteiger partial charge in [0, 0.05) is 5.69 Å². The molecule has 0 aliphatic carbocycles. The summed E-state index contributed by atoms with van der Waals surface area (Å²) in [6.45, 7) is 0. The van der Waals surface area contributed by atoms with E-state index >= 15 is 0 Å². The van der Waals surface area contributed by atoms with Gasteiger partial charge in [0.05, 0.1) is 27.9 Å². The number of halogens is 3. The highest BCUT2D eigenvalue weighted by Gasteiger charge is 2.10. The maximum Gasteiger partial charge on any atom is 0.323 e. The molecule has 2 aromatic carbocycles. The molecular formula is C14H11Cl3N2O2. The first kappa shape index (κ1) is 15.8. The monoisotopic (exact) mass is 344 g/mol. The number of ether oxygens (including phenoxy) is 1. The zero-order valence-corrected chi connectivity index (χ0v) is 13.2. The number of hydrogen-bond acceptors (Lipinski definition) is 2. The smallest absolute Gasteiger partial charge is 0.323 e. The van der Waals surface area contributed by atoms with Crippen molar-refractivity contribution < 1.29 is 9.53 Å². The Bertz CT molecular complexity index is 657. The van der Waals surface area contributed by atoms with E-state index in [4.69, 9.17) is 39.5 Å². The van der Waals surface area contributed by atoms with Gasteiger partial charge in [0.15, 0.2) is 0 Å². The molecule has 0 aliphatic rings. The average Bonchev–Trinajstić information content (AvgIpc) is 2.43. The molecule has 0 unspecified atom stereocenters. The van der Waals surface area contributed by atoms with Crippen LogP contribution in [0.15, 0.2) is 36.4 Å². The Balaban J connectivity index is 2.10. The van der Waals surface area contributed by atoms with Gasteiger partial charge in [-0.05, 0) is 30.3 Å². The van der Waals surface area contributed by atoms with Crippen LogP contribution >= 0.6 is 34.8 Å². The molecule has 0 saturated carbocycles. The van der Waals surface area contributed by atoms with Crippen LogP contribution in [0.3, 0.4) is 0 Å². The third-order valence-corrected chi connectivity index (χ3v) is 3.54. The molecule has 0 saturated heterocycles. The van der Waals surface area contributed by atoms with Gasteiger partial charge in [-0.25, -0.2) is 4.79 Å². The van der Waals surface area contributed by atoms with E-state index in [1.165, 1.54) is 7.11 Å². The van der Waals surface area contributed by atoms with Crippen molar-refractivity contribution in [3.05, 3.63) is 51.5 Å². The SMILES string of the molecule is COc1ccc(NC(=O)Nc2c(Cl)cccc2Cl)cc1Cl. The molecule has 0 radical (unpaired) electrons. The number of amides is 2. The number of anilines is 2. The molecular weight excluding hydrogens is 335 g/mol. The van der Waals surface area contributed by atoms with Crippen molar-refractivity contribution in [1.29, 1.82) is 0 Å². The van der Waals surface area contributed by atoms with Gasteiger partial charge in [-0.3, -0.25) is 0 Å². The molecule has 0 spiro atoms. The predicted molar refractivity (Wildman–Crippen MR) is 87.1 cm³/mol. The van der Waals surface area contributed by atoms with Crippen LogP contribution in [0.2, 0.25) is 15.1 Å². The number of hydrogen-bond donors (Lipinski definition) is 2. The number of rotatable bonds is 3. The number of carbonyl (C=O) groups is 1. The van der Waals surface area contributed by atoms with E-state index < -0.39 is 6.03 Å². The molecule has 0 aromatic heterocycles. The van der Waals surface area contributed by atoms with Crippen molar-refractivity contribution >= 4 is 52.2 Å². The lowest BCUT2D eigenvalue weighted by Crippen LogP contribution is -2.19. The highest BCUT2D eigenvalue weighted by Crippen LogP contribution is 2.30. The van der Waals surface area contributed by atoms with E-state index in [0.717, 1.165) is 0 Å². The Morgan fingerprint density at radius 2 is 1.67 bits per heavy atom. The van der Waals surface area contributed by atoms with Crippen LogP contribution in [0.25, 0.3) is 0 Å². The predicted octanol–water partition coefficient (Wildman–Crippen LogP) is 5.30. The molecule has 21 heavy (non-hydrogen) atoms. The number of benzene rings is 2. The van der Waals surface area contributed by atoms with Gasteiger partial charge >= 0.3 is 6.03 Å². The number of nitrogens with one attached hydrogen (secondary N) is 2. The molecule has 2 rings (SSSR count). The first-order valence-electron chi connectivity index (χ1n) is 5.87. The number of methoxy groups -OCH3 is 1. The second-order valence-corrected chi connectivity index (χ2v) is 5.25. The third-order valence-electron chi connectivity index (χ3n) is 2.61. The Morgan fingerprint density at radius 3 is 2.24 bits per heavy atom. The Hall–Kier alpha value is -1.62. The minimum absolute atomic E-state index is 0.345. The molecule has 0 bridgehead atoms. The fourth-order valence-electron chi connectivity index (χ4n) is 1.64. The fraction of sp³-hybridized carbons (Fsp3) is 0.0714. The highest BCUT2D eigenvalue weighted by atomic mass is 35.5. The van der Waals surface area contributed by atoms with E-state index in [-0.39, 0.29) is 0 Å². The van der Waals surface area contributed by atoms with E-state index in [2.05, 4.69) is 10.6 Å². The van der Waals surface area contributed by atoms with E-state index in [1.807, 2.05) is 0 Å². The number of carbonyl (C=O) groups excluding carboxylic acids is 1. The molecule has 0 fully saturated rings. The fourth-order valence-corrected chi connectivity index (χ4v) is 2.39. The van der Waals surface area contributed by atoms with Crippen molar-refractivity contribution in [2.75, 3.05) is 17.7 Å². The molecule has 0 aliphatic heterocycles. The standard InChI is InChI=1S/C14H11Cl3N2O2/c1-21-12-6-5-8(7-11(12)17)18-14(20)19-13-9(15)3-2-4-10(13)16/h2-7H,1H3,(H2,18,19,20). The maximum atomic E-state index is 11.9. The summed E-state index contributed by atoms with van der Waals surface area (Å²) in [5.41, 5.74) is 0.861. The van der Waals surface area contributed by atoms with Crippen LogP contribution in [0, 0.1) is 0 Å². The first-order chi connectivity index (χ1) is 10.0. The van der Waals surface area contributed by atoms with E-state index in [9.17, 15) is 4.79 Å². The minimum atomic E-state index is -0.480. The Morgan fingerprint density at radius 1 is 1.00 bits per heavy atom. The van der Waals surface area contributed by atoms with E-state index in [0.29, 0.717) is 32.2 Å². The van der Waals surface area contributed by atoms with Gasteiger partial charge in [-0.2, -0.15) is 0 Å². The van der Waals surface area contributed by atoms with Crippen LogP contribution < -0.4 is 15.4 Å². The second kappa shape index (κ2) is 6.89. The highest BCUT2D eigenvalue weighted by molar-refractivity contribution is 6.39. The lowest BCUT2D eigenvalue weighted by Gasteiger charge is -2.11. The zero-order chi connectivity index (χ0) is 15.4. The molecule has 110 valence electrons. The first-order valence-corrected chi connectivity index (χ1v) is 7.00. The summed E-state index contributed by atoms with van der Waals surface area (Å²) in [6.07, 6.45) is 0. The van der Waals surface area contributed by atoms with Gasteiger partial charge < -0.3 is 15.4 Å². The molecule has 4 nitrogen and oxygen atoms in total. The van der Waals surface area contributed by atoms with Gasteiger partial charge in [-0.15, -0.1) is 0 Å². The third kappa shape index (κ3) is 3.94. The lowest BCUT2D eigenvalue weighted by atomic mass is 10.3. The van der Waals surface area contributed by atoms with Crippen molar-refractivity contribution in [2.24, 2.45) is 0 Å². The lowest BCUT2D eigenvalue weighted by molar-refractivity contribution is 0.262. The molecule has 2 N–H and O–H groups in total. The Labute approximate surface area is 137 Å². The van der Waals surface area contributed by atoms with Crippen LogP contribution in [-0.2, 0) is 0 Å². The van der Waals surface area contributed by atoms with Gasteiger partial charge in [0.2, 0.25) is 0 Å². The molecule has 2 aromatic rings. The van der Waals surface area contributed by atoms with Gasteiger partial charge in [0.1, 0.15) is 5.75 Å². The van der Waals surface area contributed by atoms with Gasteiger partial charge in [-0.1, -0.05) is 40.9 Å². The summed E-state index contributed by atoms with van der Waals surface area (Å²) in [5.74, 6) is 0.525. The maximum absolute atomic E-state index is 11.9. The largest absolute Gasteiger partial charge is 0.495 e. The van der Waals surface area contributed by atoms with Crippen LogP contribution in [0.4, 0.5) is 16.2 Å². The normalized spacial score (nSPS) is 10.1. The van der Waals surface area contributed by atoms with Gasteiger partial charge in [0.25, 0.3) is 0 Å². The van der Waals surface area contributed by atoms with E-state index in [1.54, 1.807) is 36.4 Å². The Kier molecular flexibility index (Phi) is 5.17. The van der Waals surface area contributed by atoms with Crippen LogP contribution in [-0.4, -0.2) is 13.1 Å². The summed E-state index contributed by atoms with van der Waals surface area (Å²) < 4.78 is 5.04. The summed E-state index contributed by atoms with van der Waals surface area (Å²) in [5, 5.41) is 6.32. The topological polar surface area (TPSA) is 50.4 Å². The summed E-state index contributed by atoms with van der Waals surface area (Å²) in [4.78, 5) is 11.9. The minimum Gasteiger partial charge on any atom is -0.495 e. The zero-order valence-electron chi connectivity index (χ0n) is 10.9.